The van der Waals surface area contributed by atoms with E-state index in [0.29, 0.717) is 51.9 Å². The van der Waals surface area contributed by atoms with Crippen molar-refractivity contribution in [2.45, 2.75) is 32.6 Å². The molecule has 0 saturated carbocycles. The van der Waals surface area contributed by atoms with E-state index in [2.05, 4.69) is 16.0 Å². The summed E-state index contributed by atoms with van der Waals surface area (Å²) in [5.41, 5.74) is 0. The van der Waals surface area contributed by atoms with Crippen molar-refractivity contribution >= 4 is 41.9 Å². The molecule has 0 unspecified atom stereocenters. The number of piperazine rings is 2. The Hall–Kier alpha value is -3.81. The van der Waals surface area contributed by atoms with Crippen molar-refractivity contribution in [3.05, 3.63) is 12.2 Å². The molecule has 2 saturated heterocycles. The third-order valence-corrected chi connectivity index (χ3v) is 6.41. The van der Waals surface area contributed by atoms with Crippen LogP contribution in [0.15, 0.2) is 12.2 Å². The van der Waals surface area contributed by atoms with Crippen LogP contribution in [0, 0.1) is 0 Å². The predicted octanol–water partition coefficient (Wildman–Crippen LogP) is -2.56. The summed E-state index contributed by atoms with van der Waals surface area (Å²) in [6.07, 6.45) is 5.26. The fraction of sp³-hybridized carbons (Fsp3) is 0.640. The molecule has 0 radical (unpaired) electrons. The number of imide groups is 1. The van der Waals surface area contributed by atoms with Gasteiger partial charge in [-0.2, -0.15) is 0 Å². The van der Waals surface area contributed by atoms with E-state index in [1.165, 1.54) is 20.8 Å². The zero-order valence-corrected chi connectivity index (χ0v) is 22.5. The second-order valence-corrected chi connectivity index (χ2v) is 9.22. The van der Waals surface area contributed by atoms with Gasteiger partial charge >= 0.3 is 11.8 Å². The Morgan fingerprint density at radius 3 is 1.97 bits per heavy atom. The molecular weight excluding hydrogens is 510 g/mol. The molecule has 7 amide bonds. The van der Waals surface area contributed by atoms with Gasteiger partial charge in [0.1, 0.15) is 0 Å². The molecule has 39 heavy (non-hydrogen) atoms. The van der Waals surface area contributed by atoms with E-state index in [1.807, 2.05) is 0 Å². The molecule has 2 rings (SSSR count). The predicted molar refractivity (Wildman–Crippen MR) is 140 cm³/mol. The van der Waals surface area contributed by atoms with Crippen molar-refractivity contribution in [1.29, 1.82) is 0 Å². The van der Waals surface area contributed by atoms with E-state index in [-0.39, 0.29) is 70.0 Å². The minimum atomic E-state index is -0.560. The van der Waals surface area contributed by atoms with Gasteiger partial charge in [0.05, 0.1) is 13.1 Å². The van der Waals surface area contributed by atoms with Crippen molar-refractivity contribution in [2.24, 2.45) is 0 Å². The molecule has 0 spiro atoms. The number of carbonyl (C=O) groups excluding carboxylic acids is 7. The molecule has 3 N–H and O–H groups in total. The molecule has 0 aromatic heterocycles. The second kappa shape index (κ2) is 16.9. The highest BCUT2D eigenvalue weighted by molar-refractivity contribution is 6.35. The zero-order chi connectivity index (χ0) is 28.6. The highest BCUT2D eigenvalue weighted by Gasteiger charge is 2.31. The standard InChI is InChI=1S/C25H39N7O7/c1-2-6-22(36)32(19-33)10-5-3-4-7-20(34)27-17-21(35)28-18-23(37)29-13-15-31(16-14-29)25(39)24(38)30-11-8-26-9-12-30/h2,6,19,26H,3-5,7-18H2,1H3,(H,27,34)(H,28,35)/b6-2-. The summed E-state index contributed by atoms with van der Waals surface area (Å²) in [7, 11) is 0. The first-order chi connectivity index (χ1) is 18.8. The number of rotatable bonds is 12. The van der Waals surface area contributed by atoms with Gasteiger partial charge in [0.25, 0.3) is 5.91 Å². The van der Waals surface area contributed by atoms with Crippen LogP contribution in [0.4, 0.5) is 0 Å². The Bertz CT molecular complexity index is 926. The summed E-state index contributed by atoms with van der Waals surface area (Å²) in [5.74, 6) is -2.60. The monoisotopic (exact) mass is 549 g/mol. The van der Waals surface area contributed by atoms with Gasteiger partial charge in [-0.05, 0) is 25.8 Å². The quantitative estimate of drug-likeness (QED) is 0.103. The molecule has 0 aliphatic carbocycles. The van der Waals surface area contributed by atoms with Crippen LogP contribution in [0.2, 0.25) is 0 Å². The zero-order valence-electron chi connectivity index (χ0n) is 22.5. The number of hydrogen-bond acceptors (Lipinski definition) is 8. The number of unbranched alkanes of at least 4 members (excludes halogenated alkanes) is 2. The van der Waals surface area contributed by atoms with Gasteiger partial charge in [-0.15, -0.1) is 0 Å². The van der Waals surface area contributed by atoms with Crippen LogP contribution in [0.1, 0.15) is 32.6 Å². The smallest absolute Gasteiger partial charge is 0.312 e. The Labute approximate surface area is 228 Å². The summed E-state index contributed by atoms with van der Waals surface area (Å²) in [6.45, 7) is 4.76. The molecule has 0 aromatic carbocycles. The topological polar surface area (TPSA) is 169 Å². The van der Waals surface area contributed by atoms with Crippen LogP contribution in [-0.2, 0) is 33.6 Å². The number of nitrogens with zero attached hydrogens (tertiary/aromatic N) is 4. The Balaban J connectivity index is 1.56. The maximum atomic E-state index is 12.5. The molecule has 14 nitrogen and oxygen atoms in total. The van der Waals surface area contributed by atoms with E-state index < -0.39 is 17.7 Å². The van der Waals surface area contributed by atoms with Crippen LogP contribution in [0.3, 0.4) is 0 Å². The van der Waals surface area contributed by atoms with E-state index in [4.69, 9.17) is 0 Å². The molecule has 216 valence electrons. The molecule has 0 bridgehead atoms. The SMILES string of the molecule is C/C=C\C(=O)N(C=O)CCCCCC(=O)NCC(=O)NCC(=O)N1CCN(C(=O)C(=O)N2CCNCC2)CC1. The van der Waals surface area contributed by atoms with Crippen molar-refractivity contribution in [1.82, 2.24) is 35.6 Å². The normalized spacial score (nSPS) is 15.6. The average Bonchev–Trinajstić information content (AvgIpc) is 2.96. The molecule has 2 aliphatic heterocycles. The third kappa shape index (κ3) is 10.8. The number of allylic oxidation sites excluding steroid dienone is 1. The maximum absolute atomic E-state index is 12.5. The Kier molecular flexibility index (Phi) is 13.6. The lowest BCUT2D eigenvalue weighted by Gasteiger charge is -2.36. The fourth-order valence-electron chi connectivity index (χ4n) is 4.11. The van der Waals surface area contributed by atoms with Crippen molar-refractivity contribution < 1.29 is 33.6 Å². The fourth-order valence-corrected chi connectivity index (χ4v) is 4.11. The lowest BCUT2D eigenvalue weighted by Crippen LogP contribution is -2.57. The molecule has 2 fully saturated rings. The highest BCUT2D eigenvalue weighted by atomic mass is 16.2. The largest absolute Gasteiger partial charge is 0.347 e. The van der Waals surface area contributed by atoms with Gasteiger partial charge < -0.3 is 30.7 Å². The first-order valence-corrected chi connectivity index (χ1v) is 13.3. The van der Waals surface area contributed by atoms with Crippen molar-refractivity contribution in [3.8, 4) is 0 Å². The van der Waals surface area contributed by atoms with Crippen molar-refractivity contribution in [2.75, 3.05) is 72.0 Å². The summed E-state index contributed by atoms with van der Waals surface area (Å²) in [5, 5.41) is 8.10. The van der Waals surface area contributed by atoms with Crippen molar-refractivity contribution in [3.63, 3.8) is 0 Å². The molecule has 0 aromatic rings. The number of nitrogens with one attached hydrogen (secondary N) is 3. The van der Waals surface area contributed by atoms with Gasteiger partial charge in [0.15, 0.2) is 0 Å². The molecule has 2 aliphatic rings. The summed E-state index contributed by atoms with van der Waals surface area (Å²) in [6, 6.07) is 0. The molecule has 14 heteroatoms. The van der Waals surface area contributed by atoms with Gasteiger partial charge in [0.2, 0.25) is 24.1 Å². The van der Waals surface area contributed by atoms with Crippen LogP contribution in [-0.4, -0.2) is 133 Å². The van der Waals surface area contributed by atoms with E-state index in [9.17, 15) is 33.6 Å². The van der Waals surface area contributed by atoms with Crippen LogP contribution in [0.5, 0.6) is 0 Å². The number of amides is 7. The molecule has 0 atom stereocenters. The van der Waals surface area contributed by atoms with Gasteiger partial charge in [-0.3, -0.25) is 38.5 Å². The van der Waals surface area contributed by atoms with Gasteiger partial charge in [-0.25, -0.2) is 0 Å². The number of hydrogen-bond donors (Lipinski definition) is 3. The minimum Gasteiger partial charge on any atom is -0.347 e. The first-order valence-electron chi connectivity index (χ1n) is 13.3. The van der Waals surface area contributed by atoms with Crippen LogP contribution in [0.25, 0.3) is 0 Å². The Morgan fingerprint density at radius 1 is 0.769 bits per heavy atom. The van der Waals surface area contributed by atoms with E-state index in [1.54, 1.807) is 13.0 Å². The van der Waals surface area contributed by atoms with E-state index in [0.717, 1.165) is 4.90 Å². The van der Waals surface area contributed by atoms with Crippen LogP contribution >= 0.6 is 0 Å². The Morgan fingerprint density at radius 2 is 1.36 bits per heavy atom. The average molecular weight is 550 g/mol. The third-order valence-electron chi connectivity index (χ3n) is 6.41. The minimum absolute atomic E-state index is 0.191. The number of carbonyl (C=O) groups is 7. The second-order valence-electron chi connectivity index (χ2n) is 9.22. The summed E-state index contributed by atoms with van der Waals surface area (Å²) in [4.78, 5) is 89.5. The highest BCUT2D eigenvalue weighted by Crippen LogP contribution is 2.06. The van der Waals surface area contributed by atoms with Gasteiger partial charge in [-0.1, -0.05) is 12.5 Å². The molecule has 2 heterocycles. The van der Waals surface area contributed by atoms with Crippen LogP contribution < -0.4 is 16.0 Å². The van der Waals surface area contributed by atoms with E-state index >= 15 is 0 Å². The molecular formula is C25H39N7O7. The lowest BCUT2D eigenvalue weighted by atomic mass is 10.2. The maximum Gasteiger partial charge on any atom is 0.312 e. The summed E-state index contributed by atoms with van der Waals surface area (Å²) < 4.78 is 0. The lowest BCUT2D eigenvalue weighted by molar-refractivity contribution is -0.154. The first kappa shape index (κ1) is 31.4. The van der Waals surface area contributed by atoms with Gasteiger partial charge in [0, 0.05) is 65.3 Å². The summed E-state index contributed by atoms with van der Waals surface area (Å²) >= 11 is 0.